The van der Waals surface area contributed by atoms with Gasteiger partial charge in [0.15, 0.2) is 0 Å². The summed E-state index contributed by atoms with van der Waals surface area (Å²) in [6.45, 7) is 4.09. The summed E-state index contributed by atoms with van der Waals surface area (Å²) < 4.78 is 1.07. The summed E-state index contributed by atoms with van der Waals surface area (Å²) in [5.41, 5.74) is 3.46. The van der Waals surface area contributed by atoms with Gasteiger partial charge in [0.05, 0.1) is 14.4 Å². The third-order valence-electron chi connectivity index (χ3n) is 2.79. The fourth-order valence-electron chi connectivity index (χ4n) is 1.66. The SMILES string of the molecule is CCCCCCCC(=O)N/N=C(\C)c1ccc(Br)s1. The van der Waals surface area contributed by atoms with Crippen LogP contribution >= 0.6 is 27.3 Å². The van der Waals surface area contributed by atoms with E-state index in [2.05, 4.69) is 33.4 Å². The van der Waals surface area contributed by atoms with Gasteiger partial charge in [-0.25, -0.2) is 5.43 Å². The number of halogens is 1. The van der Waals surface area contributed by atoms with Gasteiger partial charge in [0.25, 0.3) is 0 Å². The van der Waals surface area contributed by atoms with Crippen molar-refractivity contribution in [3.8, 4) is 0 Å². The maximum Gasteiger partial charge on any atom is 0.240 e. The zero-order valence-electron chi connectivity index (χ0n) is 11.5. The first-order valence-corrected chi connectivity index (χ1v) is 8.33. The molecule has 1 rings (SSSR count). The molecule has 1 aromatic heterocycles. The molecule has 5 heteroatoms. The molecule has 0 aromatic carbocycles. The van der Waals surface area contributed by atoms with E-state index in [1.807, 2.05) is 19.1 Å². The van der Waals surface area contributed by atoms with Crippen molar-refractivity contribution in [3.05, 3.63) is 20.8 Å². The summed E-state index contributed by atoms with van der Waals surface area (Å²) in [5.74, 6) is 0.00599. The maximum atomic E-state index is 11.6. The van der Waals surface area contributed by atoms with Crippen LogP contribution in [0.1, 0.15) is 57.2 Å². The van der Waals surface area contributed by atoms with Gasteiger partial charge in [-0.1, -0.05) is 32.6 Å². The van der Waals surface area contributed by atoms with Crippen molar-refractivity contribution < 1.29 is 4.79 Å². The molecule has 0 aliphatic rings. The van der Waals surface area contributed by atoms with Gasteiger partial charge in [0.1, 0.15) is 0 Å². The highest BCUT2D eigenvalue weighted by Gasteiger charge is 2.03. The van der Waals surface area contributed by atoms with E-state index in [1.165, 1.54) is 19.3 Å². The zero-order valence-corrected chi connectivity index (χ0v) is 13.9. The van der Waals surface area contributed by atoms with Gasteiger partial charge >= 0.3 is 0 Å². The number of hydrogen-bond donors (Lipinski definition) is 1. The third kappa shape index (κ3) is 6.87. The Kier molecular flexibility index (Phi) is 7.98. The molecule has 1 amide bonds. The van der Waals surface area contributed by atoms with E-state index in [0.29, 0.717) is 6.42 Å². The quantitative estimate of drug-likeness (QED) is 0.414. The van der Waals surface area contributed by atoms with Gasteiger partial charge in [0.2, 0.25) is 5.91 Å². The molecule has 0 radical (unpaired) electrons. The van der Waals surface area contributed by atoms with E-state index >= 15 is 0 Å². The Labute approximate surface area is 127 Å². The number of rotatable bonds is 8. The van der Waals surface area contributed by atoms with Crippen molar-refractivity contribution in [1.29, 1.82) is 0 Å². The summed E-state index contributed by atoms with van der Waals surface area (Å²) >= 11 is 5.02. The van der Waals surface area contributed by atoms with Crippen molar-refractivity contribution in [2.75, 3.05) is 0 Å². The average molecular weight is 345 g/mol. The lowest BCUT2D eigenvalue weighted by atomic mass is 10.1. The highest BCUT2D eigenvalue weighted by molar-refractivity contribution is 9.11. The number of hydrazone groups is 1. The Morgan fingerprint density at radius 2 is 2.05 bits per heavy atom. The predicted molar refractivity (Wildman–Crippen MR) is 85.7 cm³/mol. The minimum Gasteiger partial charge on any atom is -0.273 e. The number of hydrogen-bond acceptors (Lipinski definition) is 3. The first kappa shape index (κ1) is 16.4. The normalized spacial score (nSPS) is 11.6. The fourth-order valence-corrected chi connectivity index (χ4v) is 2.99. The van der Waals surface area contributed by atoms with Gasteiger partial charge in [0, 0.05) is 6.42 Å². The number of thiophene rings is 1. The van der Waals surface area contributed by atoms with Crippen molar-refractivity contribution in [2.24, 2.45) is 5.10 Å². The van der Waals surface area contributed by atoms with Gasteiger partial charge in [-0.2, -0.15) is 5.10 Å². The van der Waals surface area contributed by atoms with Crippen LogP contribution < -0.4 is 5.43 Å². The van der Waals surface area contributed by atoms with Crippen LogP contribution in [-0.2, 0) is 4.79 Å². The molecular weight excluding hydrogens is 324 g/mol. The Bertz CT molecular complexity index is 429. The fraction of sp³-hybridized carbons (Fsp3) is 0.571. The second-order valence-corrected chi connectivity index (χ2v) is 6.96. The van der Waals surface area contributed by atoms with Crippen molar-refractivity contribution in [3.63, 3.8) is 0 Å². The Morgan fingerprint density at radius 1 is 1.32 bits per heavy atom. The number of nitrogens with one attached hydrogen (secondary N) is 1. The lowest BCUT2D eigenvalue weighted by Crippen LogP contribution is -2.18. The van der Waals surface area contributed by atoms with Crippen molar-refractivity contribution in [2.45, 2.75) is 52.4 Å². The highest BCUT2D eigenvalue weighted by atomic mass is 79.9. The molecular formula is C14H21BrN2OS. The minimum absolute atomic E-state index is 0.00599. The van der Waals surface area contributed by atoms with E-state index in [1.54, 1.807) is 11.3 Å². The van der Waals surface area contributed by atoms with Crippen LogP contribution in [0.5, 0.6) is 0 Å². The molecule has 1 heterocycles. The van der Waals surface area contributed by atoms with Crippen LogP contribution in [0, 0.1) is 0 Å². The van der Waals surface area contributed by atoms with E-state index in [0.717, 1.165) is 27.2 Å². The highest BCUT2D eigenvalue weighted by Crippen LogP contribution is 2.22. The number of amides is 1. The van der Waals surface area contributed by atoms with Crippen LogP contribution in [0.25, 0.3) is 0 Å². The van der Waals surface area contributed by atoms with Gasteiger partial charge < -0.3 is 0 Å². The third-order valence-corrected chi connectivity index (χ3v) is 4.52. The predicted octanol–water partition coefficient (Wildman–Crippen LogP) is 4.71. The monoisotopic (exact) mass is 344 g/mol. The van der Waals surface area contributed by atoms with Gasteiger partial charge in [-0.15, -0.1) is 11.3 Å². The zero-order chi connectivity index (χ0) is 14.1. The minimum atomic E-state index is 0.00599. The van der Waals surface area contributed by atoms with Crippen LogP contribution in [-0.4, -0.2) is 11.6 Å². The molecule has 1 aromatic rings. The number of nitrogens with zero attached hydrogens (tertiary/aromatic N) is 1. The second kappa shape index (κ2) is 9.26. The molecule has 106 valence electrons. The van der Waals surface area contributed by atoms with E-state index in [-0.39, 0.29) is 5.91 Å². The average Bonchev–Trinajstić information content (AvgIpc) is 2.82. The molecule has 0 saturated heterocycles. The molecule has 3 nitrogen and oxygen atoms in total. The molecule has 19 heavy (non-hydrogen) atoms. The lowest BCUT2D eigenvalue weighted by Gasteiger charge is -2.01. The molecule has 0 aliphatic carbocycles. The first-order chi connectivity index (χ1) is 9.13. The van der Waals surface area contributed by atoms with Gasteiger partial charge in [-0.3, -0.25) is 4.79 Å². The number of carbonyl (C=O) groups excluding carboxylic acids is 1. The number of carbonyl (C=O) groups is 1. The summed E-state index contributed by atoms with van der Waals surface area (Å²) in [6, 6.07) is 3.97. The van der Waals surface area contributed by atoms with Gasteiger partial charge in [-0.05, 0) is 41.4 Å². The standard InChI is InChI=1S/C14H21BrN2OS/c1-3-4-5-6-7-8-14(18)17-16-11(2)12-9-10-13(15)19-12/h9-10H,3-8H2,1-2H3,(H,17,18)/b16-11+. The van der Waals surface area contributed by atoms with Crippen LogP contribution in [0.2, 0.25) is 0 Å². The summed E-state index contributed by atoms with van der Waals surface area (Å²) in [6.07, 6.45) is 6.34. The Morgan fingerprint density at radius 3 is 2.68 bits per heavy atom. The second-order valence-electron chi connectivity index (χ2n) is 4.50. The van der Waals surface area contributed by atoms with Crippen molar-refractivity contribution >= 4 is 38.9 Å². The topological polar surface area (TPSA) is 41.5 Å². The Balaban J connectivity index is 2.25. The first-order valence-electron chi connectivity index (χ1n) is 6.72. The van der Waals surface area contributed by atoms with Crippen LogP contribution in [0.15, 0.2) is 21.0 Å². The summed E-state index contributed by atoms with van der Waals surface area (Å²) in [5, 5.41) is 4.13. The largest absolute Gasteiger partial charge is 0.273 e. The number of unbranched alkanes of at least 4 members (excludes halogenated alkanes) is 4. The van der Waals surface area contributed by atoms with Crippen LogP contribution in [0.3, 0.4) is 0 Å². The summed E-state index contributed by atoms with van der Waals surface area (Å²) in [7, 11) is 0. The lowest BCUT2D eigenvalue weighted by molar-refractivity contribution is -0.121. The molecule has 0 fully saturated rings. The molecule has 0 aliphatic heterocycles. The molecule has 0 saturated carbocycles. The maximum absolute atomic E-state index is 11.6. The van der Waals surface area contributed by atoms with Crippen LogP contribution in [0.4, 0.5) is 0 Å². The van der Waals surface area contributed by atoms with E-state index in [9.17, 15) is 4.79 Å². The van der Waals surface area contributed by atoms with Crippen molar-refractivity contribution in [1.82, 2.24) is 5.43 Å². The Hall–Kier alpha value is -0.680. The molecule has 1 N–H and O–H groups in total. The molecule has 0 bridgehead atoms. The molecule has 0 unspecified atom stereocenters. The molecule has 0 spiro atoms. The summed E-state index contributed by atoms with van der Waals surface area (Å²) in [4.78, 5) is 12.7. The van der Waals surface area contributed by atoms with E-state index < -0.39 is 0 Å². The smallest absolute Gasteiger partial charge is 0.240 e. The molecule has 0 atom stereocenters. The van der Waals surface area contributed by atoms with E-state index in [4.69, 9.17) is 0 Å².